The molecule has 0 spiro atoms. The molecule has 4 N–H and O–H groups in total. The second-order valence-electron chi connectivity index (χ2n) is 5.75. The summed E-state index contributed by atoms with van der Waals surface area (Å²) < 4.78 is 5.47. The summed E-state index contributed by atoms with van der Waals surface area (Å²) >= 11 is 0. The highest BCUT2D eigenvalue weighted by Crippen LogP contribution is 2.29. The number of hydrogen-bond donors (Lipinski definition) is 4. The van der Waals surface area contributed by atoms with Crippen LogP contribution in [0.2, 0.25) is 0 Å². The van der Waals surface area contributed by atoms with E-state index in [2.05, 4.69) is 0 Å². The van der Waals surface area contributed by atoms with Gasteiger partial charge >= 0.3 is 5.97 Å². The lowest BCUT2D eigenvalue weighted by Gasteiger charge is -2.10. The van der Waals surface area contributed by atoms with E-state index in [4.69, 9.17) is 9.84 Å². The van der Waals surface area contributed by atoms with E-state index in [1.165, 1.54) is 18.2 Å². The molecule has 6 heteroatoms. The van der Waals surface area contributed by atoms with Crippen molar-refractivity contribution in [2.24, 2.45) is 0 Å². The number of phenols is 3. The number of carboxylic acids is 1. The fraction of sp³-hybridized carbons (Fsp3) is 0.316. The smallest absolute Gasteiger partial charge is 0.343 e. The molecular weight excluding hydrogens is 324 g/mol. The number of phenolic OH excluding ortho intramolecular Hbond substituents is 2. The number of para-hydroxylation sites is 1. The standard InChI is InChI=1S/C19H22O6/c20-14-9-6-11-16(17(14)19(23)24)25-12-4-2-1-3-7-13-8-5-10-15(21)18(13)22/h5-6,8-11,20-22H,1-4,7,12H2,(H,23,24). The third-order valence-corrected chi connectivity index (χ3v) is 3.91. The van der Waals surface area contributed by atoms with E-state index in [1.807, 2.05) is 0 Å². The van der Waals surface area contributed by atoms with Crippen molar-refractivity contribution in [2.45, 2.75) is 32.1 Å². The van der Waals surface area contributed by atoms with Gasteiger partial charge in [0.25, 0.3) is 0 Å². The zero-order valence-electron chi connectivity index (χ0n) is 13.8. The van der Waals surface area contributed by atoms with Crippen LogP contribution in [0.1, 0.15) is 41.6 Å². The molecule has 0 fully saturated rings. The number of unbranched alkanes of at least 4 members (excludes halogenated alkanes) is 3. The minimum absolute atomic E-state index is 0.0593. The average Bonchev–Trinajstić information content (AvgIpc) is 2.57. The van der Waals surface area contributed by atoms with Crippen molar-refractivity contribution in [3.8, 4) is 23.0 Å². The van der Waals surface area contributed by atoms with Crippen molar-refractivity contribution in [1.82, 2.24) is 0 Å². The monoisotopic (exact) mass is 346 g/mol. The molecule has 0 bridgehead atoms. The van der Waals surface area contributed by atoms with Crippen molar-refractivity contribution in [3.05, 3.63) is 47.5 Å². The van der Waals surface area contributed by atoms with Crippen molar-refractivity contribution < 1.29 is 30.0 Å². The third-order valence-electron chi connectivity index (χ3n) is 3.91. The Balaban J connectivity index is 1.70. The predicted molar refractivity (Wildman–Crippen MR) is 92.5 cm³/mol. The molecule has 2 rings (SSSR count). The van der Waals surface area contributed by atoms with Crippen LogP contribution in [0.5, 0.6) is 23.0 Å². The Morgan fingerprint density at radius 1 is 0.880 bits per heavy atom. The van der Waals surface area contributed by atoms with Crippen LogP contribution < -0.4 is 4.74 Å². The summed E-state index contributed by atoms with van der Waals surface area (Å²) in [4.78, 5) is 11.1. The number of aromatic carboxylic acids is 1. The van der Waals surface area contributed by atoms with E-state index in [-0.39, 0.29) is 28.6 Å². The highest BCUT2D eigenvalue weighted by atomic mass is 16.5. The van der Waals surface area contributed by atoms with E-state index in [0.29, 0.717) is 13.0 Å². The van der Waals surface area contributed by atoms with Crippen LogP contribution >= 0.6 is 0 Å². The number of hydrogen-bond acceptors (Lipinski definition) is 5. The lowest BCUT2D eigenvalue weighted by Crippen LogP contribution is -2.04. The van der Waals surface area contributed by atoms with E-state index in [0.717, 1.165) is 31.2 Å². The summed E-state index contributed by atoms with van der Waals surface area (Å²) in [6.45, 7) is 0.362. The van der Waals surface area contributed by atoms with Gasteiger partial charge in [-0.25, -0.2) is 4.79 Å². The molecule has 134 valence electrons. The lowest BCUT2D eigenvalue weighted by atomic mass is 10.0. The number of carboxylic acid groups (broad SMARTS) is 1. The SMILES string of the molecule is O=C(O)c1c(O)cccc1OCCCCCCc1cccc(O)c1O. The summed E-state index contributed by atoms with van der Waals surface area (Å²) in [7, 11) is 0. The predicted octanol–water partition coefficient (Wildman–Crippen LogP) is 3.68. The first-order valence-electron chi connectivity index (χ1n) is 8.18. The molecule has 2 aromatic rings. The van der Waals surface area contributed by atoms with Gasteiger partial charge in [0.2, 0.25) is 0 Å². The summed E-state index contributed by atoms with van der Waals surface area (Å²) in [5.41, 5.74) is 0.504. The summed E-state index contributed by atoms with van der Waals surface area (Å²) in [6, 6.07) is 9.31. The lowest BCUT2D eigenvalue weighted by molar-refractivity contribution is 0.0688. The summed E-state index contributed by atoms with van der Waals surface area (Å²) in [6.07, 6.45) is 4.10. The van der Waals surface area contributed by atoms with Gasteiger partial charge in [0.1, 0.15) is 17.1 Å². The van der Waals surface area contributed by atoms with Gasteiger partial charge in [-0.2, -0.15) is 0 Å². The highest BCUT2D eigenvalue weighted by Gasteiger charge is 2.16. The van der Waals surface area contributed by atoms with Crippen LogP contribution in [0.15, 0.2) is 36.4 Å². The molecule has 2 aromatic carbocycles. The largest absolute Gasteiger partial charge is 0.507 e. The molecule has 0 atom stereocenters. The maximum absolute atomic E-state index is 11.1. The number of rotatable bonds is 9. The Morgan fingerprint density at radius 3 is 2.32 bits per heavy atom. The van der Waals surface area contributed by atoms with E-state index in [1.54, 1.807) is 18.2 Å². The molecule has 0 aliphatic rings. The Morgan fingerprint density at radius 2 is 1.56 bits per heavy atom. The quantitative estimate of drug-likeness (QED) is 0.407. The molecule has 0 saturated carbocycles. The van der Waals surface area contributed by atoms with Gasteiger partial charge in [-0.15, -0.1) is 0 Å². The zero-order chi connectivity index (χ0) is 18.2. The van der Waals surface area contributed by atoms with Gasteiger partial charge in [-0.3, -0.25) is 0 Å². The minimum atomic E-state index is -1.22. The molecule has 0 amide bonds. The first-order valence-corrected chi connectivity index (χ1v) is 8.18. The fourth-order valence-corrected chi connectivity index (χ4v) is 2.59. The van der Waals surface area contributed by atoms with Crippen LogP contribution in [-0.2, 0) is 6.42 Å². The van der Waals surface area contributed by atoms with E-state index < -0.39 is 5.97 Å². The van der Waals surface area contributed by atoms with Gasteiger partial charge in [0, 0.05) is 0 Å². The maximum Gasteiger partial charge on any atom is 0.343 e. The van der Waals surface area contributed by atoms with Crippen LogP contribution in [0.3, 0.4) is 0 Å². The van der Waals surface area contributed by atoms with Gasteiger partial charge in [0.15, 0.2) is 11.5 Å². The van der Waals surface area contributed by atoms with Gasteiger partial charge in [-0.1, -0.05) is 31.0 Å². The molecule has 25 heavy (non-hydrogen) atoms. The first kappa shape index (κ1) is 18.4. The number of ether oxygens (including phenoxy) is 1. The van der Waals surface area contributed by atoms with Crippen LogP contribution in [0.4, 0.5) is 0 Å². The zero-order valence-corrected chi connectivity index (χ0v) is 13.8. The van der Waals surface area contributed by atoms with Gasteiger partial charge in [0.05, 0.1) is 6.61 Å². The Bertz CT molecular complexity index is 726. The summed E-state index contributed by atoms with van der Waals surface area (Å²) in [5.74, 6) is -1.53. The Kier molecular flexibility index (Phi) is 6.51. The third kappa shape index (κ3) is 5.04. The van der Waals surface area contributed by atoms with Crippen molar-refractivity contribution in [2.75, 3.05) is 6.61 Å². The van der Waals surface area contributed by atoms with Gasteiger partial charge < -0.3 is 25.2 Å². The van der Waals surface area contributed by atoms with Crippen LogP contribution in [0.25, 0.3) is 0 Å². The van der Waals surface area contributed by atoms with Crippen LogP contribution in [-0.4, -0.2) is 33.0 Å². The fourth-order valence-electron chi connectivity index (χ4n) is 2.59. The normalized spacial score (nSPS) is 10.6. The average molecular weight is 346 g/mol. The Hall–Kier alpha value is -2.89. The van der Waals surface area contributed by atoms with E-state index in [9.17, 15) is 20.1 Å². The molecule has 0 aromatic heterocycles. The van der Waals surface area contributed by atoms with Crippen LogP contribution in [0, 0.1) is 0 Å². The molecule has 0 radical (unpaired) electrons. The molecule has 0 aliphatic carbocycles. The van der Waals surface area contributed by atoms with Crippen molar-refractivity contribution in [3.63, 3.8) is 0 Å². The second kappa shape index (κ2) is 8.82. The number of benzene rings is 2. The molecule has 6 nitrogen and oxygen atoms in total. The molecule has 0 heterocycles. The topological polar surface area (TPSA) is 107 Å². The minimum Gasteiger partial charge on any atom is -0.507 e. The second-order valence-corrected chi connectivity index (χ2v) is 5.75. The molecule has 0 saturated heterocycles. The Labute approximate surface area is 145 Å². The number of aromatic hydroxyl groups is 3. The van der Waals surface area contributed by atoms with E-state index >= 15 is 0 Å². The molecular formula is C19H22O6. The highest BCUT2D eigenvalue weighted by molar-refractivity contribution is 5.93. The summed E-state index contributed by atoms with van der Waals surface area (Å²) in [5, 5.41) is 37.8. The molecule has 0 aliphatic heterocycles. The maximum atomic E-state index is 11.1. The van der Waals surface area contributed by atoms with Crippen molar-refractivity contribution >= 4 is 5.97 Å². The first-order chi connectivity index (χ1) is 12.0. The van der Waals surface area contributed by atoms with Gasteiger partial charge in [-0.05, 0) is 43.0 Å². The van der Waals surface area contributed by atoms with Crippen molar-refractivity contribution in [1.29, 1.82) is 0 Å². The molecule has 0 unspecified atom stereocenters. The number of carbonyl (C=O) groups is 1. The number of aryl methyl sites for hydroxylation is 1.